The van der Waals surface area contributed by atoms with Crippen molar-refractivity contribution in [3.8, 4) is 0 Å². The van der Waals surface area contributed by atoms with Crippen molar-refractivity contribution in [1.82, 2.24) is 5.32 Å². The van der Waals surface area contributed by atoms with Gasteiger partial charge in [0.25, 0.3) is 0 Å². The van der Waals surface area contributed by atoms with Crippen LogP contribution in [0.3, 0.4) is 0 Å². The first-order chi connectivity index (χ1) is 7.84. The zero-order valence-electron chi connectivity index (χ0n) is 9.21. The molecule has 1 aliphatic rings. The number of anilines is 1. The first-order valence-corrected chi connectivity index (χ1v) is 5.66. The lowest BCUT2D eigenvalue weighted by Gasteiger charge is -2.23. The van der Waals surface area contributed by atoms with Gasteiger partial charge in [-0.3, -0.25) is 0 Å². The number of morpholine rings is 1. The van der Waals surface area contributed by atoms with E-state index < -0.39 is 0 Å². The van der Waals surface area contributed by atoms with Gasteiger partial charge in [-0.1, -0.05) is 6.07 Å². The smallest absolute Gasteiger partial charge is 0.125 e. The number of ether oxygens (including phenoxy) is 1. The minimum Gasteiger partial charge on any atom is -0.385 e. The fraction of sp³-hybridized carbons (Fsp3) is 0.500. The van der Waals surface area contributed by atoms with E-state index in [2.05, 4.69) is 10.6 Å². The molecule has 1 fully saturated rings. The maximum atomic E-state index is 12.9. The summed E-state index contributed by atoms with van der Waals surface area (Å²) in [5.74, 6) is -0.208. The molecule has 4 heteroatoms. The average Bonchev–Trinajstić information content (AvgIpc) is 2.30. The van der Waals surface area contributed by atoms with Gasteiger partial charge < -0.3 is 15.4 Å². The van der Waals surface area contributed by atoms with E-state index in [1.54, 1.807) is 6.07 Å². The number of rotatable bonds is 4. The molecule has 88 valence electrons. The molecule has 0 aromatic heterocycles. The molecule has 2 N–H and O–H groups in total. The Labute approximate surface area is 95.0 Å². The normalized spacial score (nSPS) is 20.7. The largest absolute Gasteiger partial charge is 0.385 e. The van der Waals surface area contributed by atoms with Crippen LogP contribution in [0.1, 0.15) is 6.42 Å². The third kappa shape index (κ3) is 3.47. The molecule has 0 bridgehead atoms. The third-order valence-electron chi connectivity index (χ3n) is 2.62. The number of benzene rings is 1. The van der Waals surface area contributed by atoms with E-state index >= 15 is 0 Å². The molecule has 1 aliphatic heterocycles. The van der Waals surface area contributed by atoms with Crippen LogP contribution in [0.25, 0.3) is 0 Å². The van der Waals surface area contributed by atoms with Crippen LogP contribution in [0, 0.1) is 5.82 Å². The molecule has 0 aliphatic carbocycles. The fourth-order valence-electron chi connectivity index (χ4n) is 1.78. The van der Waals surface area contributed by atoms with E-state index in [0.29, 0.717) is 0 Å². The Morgan fingerprint density at radius 2 is 2.44 bits per heavy atom. The summed E-state index contributed by atoms with van der Waals surface area (Å²) in [6, 6.07) is 6.51. The number of hydrogen-bond acceptors (Lipinski definition) is 3. The van der Waals surface area contributed by atoms with Crippen molar-refractivity contribution in [2.45, 2.75) is 12.5 Å². The lowest BCUT2D eigenvalue weighted by Crippen LogP contribution is -2.39. The van der Waals surface area contributed by atoms with Gasteiger partial charge in [0.15, 0.2) is 0 Å². The van der Waals surface area contributed by atoms with E-state index in [0.717, 1.165) is 38.3 Å². The Hall–Kier alpha value is -1.13. The van der Waals surface area contributed by atoms with Crippen molar-refractivity contribution in [2.75, 3.05) is 31.6 Å². The van der Waals surface area contributed by atoms with E-state index in [-0.39, 0.29) is 11.9 Å². The van der Waals surface area contributed by atoms with E-state index in [1.165, 1.54) is 12.1 Å². The summed E-state index contributed by atoms with van der Waals surface area (Å²) < 4.78 is 18.4. The van der Waals surface area contributed by atoms with Gasteiger partial charge >= 0.3 is 0 Å². The third-order valence-corrected chi connectivity index (χ3v) is 2.62. The van der Waals surface area contributed by atoms with Crippen LogP contribution in [0.15, 0.2) is 24.3 Å². The molecular weight excluding hydrogens is 207 g/mol. The number of halogens is 1. The molecule has 16 heavy (non-hydrogen) atoms. The van der Waals surface area contributed by atoms with Crippen LogP contribution >= 0.6 is 0 Å². The van der Waals surface area contributed by atoms with Crippen LogP contribution < -0.4 is 10.6 Å². The standard InChI is InChI=1S/C12H17FN2O/c13-10-2-1-3-11(8-10)15-5-4-12-9-14-6-7-16-12/h1-3,8,12,14-15H,4-7,9H2. The first kappa shape index (κ1) is 11.4. The summed E-state index contributed by atoms with van der Waals surface area (Å²) in [6.45, 7) is 3.43. The quantitative estimate of drug-likeness (QED) is 0.815. The molecular formula is C12H17FN2O. The molecule has 1 heterocycles. The van der Waals surface area contributed by atoms with Gasteiger partial charge in [0, 0.05) is 25.3 Å². The molecule has 0 saturated carbocycles. The van der Waals surface area contributed by atoms with Crippen molar-refractivity contribution in [3.05, 3.63) is 30.1 Å². The second kappa shape index (κ2) is 5.82. The van der Waals surface area contributed by atoms with E-state index in [9.17, 15) is 4.39 Å². The minimum atomic E-state index is -0.208. The van der Waals surface area contributed by atoms with Crippen molar-refractivity contribution in [1.29, 1.82) is 0 Å². The zero-order chi connectivity index (χ0) is 11.2. The van der Waals surface area contributed by atoms with Gasteiger partial charge in [-0.25, -0.2) is 4.39 Å². The molecule has 1 aromatic rings. The highest BCUT2D eigenvalue weighted by atomic mass is 19.1. The zero-order valence-corrected chi connectivity index (χ0v) is 9.21. The van der Waals surface area contributed by atoms with Gasteiger partial charge in [0.2, 0.25) is 0 Å². The van der Waals surface area contributed by atoms with Crippen molar-refractivity contribution < 1.29 is 9.13 Å². The van der Waals surface area contributed by atoms with Gasteiger partial charge in [0.05, 0.1) is 12.7 Å². The minimum absolute atomic E-state index is 0.208. The molecule has 0 radical (unpaired) electrons. The Bertz CT molecular complexity index is 327. The average molecular weight is 224 g/mol. The monoisotopic (exact) mass is 224 g/mol. The number of hydrogen-bond donors (Lipinski definition) is 2. The van der Waals surface area contributed by atoms with Gasteiger partial charge in [-0.05, 0) is 24.6 Å². The molecule has 1 unspecified atom stereocenters. The topological polar surface area (TPSA) is 33.3 Å². The SMILES string of the molecule is Fc1cccc(NCCC2CNCCO2)c1. The van der Waals surface area contributed by atoms with E-state index in [4.69, 9.17) is 4.74 Å². The van der Waals surface area contributed by atoms with Crippen LogP contribution in [0.5, 0.6) is 0 Å². The highest BCUT2D eigenvalue weighted by molar-refractivity contribution is 5.42. The predicted octanol–water partition coefficient (Wildman–Crippen LogP) is 1.62. The molecule has 1 aromatic carbocycles. The molecule has 2 rings (SSSR count). The Kier molecular flexibility index (Phi) is 4.13. The lowest BCUT2D eigenvalue weighted by atomic mass is 10.2. The highest BCUT2D eigenvalue weighted by Crippen LogP contribution is 2.09. The summed E-state index contributed by atoms with van der Waals surface area (Å²) >= 11 is 0. The lowest BCUT2D eigenvalue weighted by molar-refractivity contribution is 0.0258. The van der Waals surface area contributed by atoms with Crippen LogP contribution in [0.2, 0.25) is 0 Å². The Balaban J connectivity index is 1.71. The predicted molar refractivity (Wildman–Crippen MR) is 62.1 cm³/mol. The second-order valence-electron chi connectivity index (χ2n) is 3.92. The summed E-state index contributed by atoms with van der Waals surface area (Å²) in [7, 11) is 0. The van der Waals surface area contributed by atoms with Crippen molar-refractivity contribution in [2.24, 2.45) is 0 Å². The van der Waals surface area contributed by atoms with Gasteiger partial charge in [-0.2, -0.15) is 0 Å². The summed E-state index contributed by atoms with van der Waals surface area (Å²) in [4.78, 5) is 0. The maximum absolute atomic E-state index is 12.9. The van der Waals surface area contributed by atoms with Crippen LogP contribution in [0.4, 0.5) is 10.1 Å². The summed E-state index contributed by atoms with van der Waals surface area (Å²) in [5.41, 5.74) is 0.823. The van der Waals surface area contributed by atoms with E-state index in [1.807, 2.05) is 6.07 Å². The number of nitrogens with one attached hydrogen (secondary N) is 2. The Morgan fingerprint density at radius 1 is 1.50 bits per heavy atom. The maximum Gasteiger partial charge on any atom is 0.125 e. The fourth-order valence-corrected chi connectivity index (χ4v) is 1.78. The summed E-state index contributed by atoms with van der Waals surface area (Å²) in [6.07, 6.45) is 1.21. The van der Waals surface area contributed by atoms with Gasteiger partial charge in [0.1, 0.15) is 5.82 Å². The summed E-state index contributed by atoms with van der Waals surface area (Å²) in [5, 5.41) is 6.46. The van der Waals surface area contributed by atoms with Crippen molar-refractivity contribution >= 4 is 5.69 Å². The molecule has 1 atom stereocenters. The molecule has 1 saturated heterocycles. The first-order valence-electron chi connectivity index (χ1n) is 5.66. The molecule has 3 nitrogen and oxygen atoms in total. The van der Waals surface area contributed by atoms with Crippen LogP contribution in [-0.4, -0.2) is 32.3 Å². The molecule has 0 amide bonds. The van der Waals surface area contributed by atoms with Crippen molar-refractivity contribution in [3.63, 3.8) is 0 Å². The van der Waals surface area contributed by atoms with Crippen LogP contribution in [-0.2, 0) is 4.74 Å². The Morgan fingerprint density at radius 3 is 3.19 bits per heavy atom. The highest BCUT2D eigenvalue weighted by Gasteiger charge is 2.12. The van der Waals surface area contributed by atoms with Gasteiger partial charge in [-0.15, -0.1) is 0 Å². The molecule has 0 spiro atoms. The second-order valence-corrected chi connectivity index (χ2v) is 3.92.